The van der Waals surface area contributed by atoms with Crippen molar-refractivity contribution in [2.24, 2.45) is 0 Å². The molecule has 0 aliphatic carbocycles. The van der Waals surface area contributed by atoms with E-state index in [1.165, 1.54) is 12.1 Å². The van der Waals surface area contributed by atoms with E-state index in [4.69, 9.17) is 4.74 Å². The monoisotopic (exact) mass is 319 g/mol. The van der Waals surface area contributed by atoms with E-state index in [1.807, 2.05) is 13.8 Å². The minimum Gasteiger partial charge on any atom is -0.504 e. The van der Waals surface area contributed by atoms with Crippen LogP contribution in [0.3, 0.4) is 0 Å². The average molecular weight is 319 g/mol. The standard InChI is InChI=1S/C16H21N3O4/c1-10(2)17-8-11(20)9-23-14-5-3-4-12(16(14)22)13-6-7-15(21)19-18-13/h3-7,10-11,17,20,22H,8-9H2,1-2H3,(H,19,21). The highest BCUT2D eigenvalue weighted by Gasteiger charge is 2.13. The van der Waals surface area contributed by atoms with E-state index < -0.39 is 6.10 Å². The van der Waals surface area contributed by atoms with Crippen LogP contribution in [0.4, 0.5) is 0 Å². The Morgan fingerprint density at radius 3 is 2.74 bits per heavy atom. The fraction of sp³-hybridized carbons (Fsp3) is 0.375. The summed E-state index contributed by atoms with van der Waals surface area (Å²) < 4.78 is 5.48. The Kier molecular flexibility index (Phi) is 5.72. The third kappa shape index (κ3) is 4.80. The van der Waals surface area contributed by atoms with Crippen molar-refractivity contribution in [3.8, 4) is 22.8 Å². The number of phenols is 1. The molecule has 1 atom stereocenters. The number of H-pyrrole nitrogens is 1. The van der Waals surface area contributed by atoms with Gasteiger partial charge in [-0.15, -0.1) is 0 Å². The molecule has 1 aromatic carbocycles. The summed E-state index contributed by atoms with van der Waals surface area (Å²) in [6.45, 7) is 4.43. The van der Waals surface area contributed by atoms with Crippen LogP contribution in [0.2, 0.25) is 0 Å². The number of para-hydroxylation sites is 1. The largest absolute Gasteiger partial charge is 0.504 e. The van der Waals surface area contributed by atoms with E-state index in [9.17, 15) is 15.0 Å². The number of rotatable bonds is 7. The average Bonchev–Trinajstić information content (AvgIpc) is 2.53. The number of hydrogen-bond donors (Lipinski definition) is 4. The van der Waals surface area contributed by atoms with Crippen molar-refractivity contribution < 1.29 is 14.9 Å². The number of aromatic hydroxyl groups is 1. The maximum absolute atomic E-state index is 11.1. The second-order valence-corrected chi connectivity index (χ2v) is 5.49. The summed E-state index contributed by atoms with van der Waals surface area (Å²) in [4.78, 5) is 11.1. The lowest BCUT2D eigenvalue weighted by Crippen LogP contribution is -2.35. The molecule has 0 radical (unpaired) electrons. The van der Waals surface area contributed by atoms with Gasteiger partial charge in [0.2, 0.25) is 0 Å². The van der Waals surface area contributed by atoms with Crippen molar-refractivity contribution >= 4 is 0 Å². The highest BCUT2D eigenvalue weighted by Crippen LogP contribution is 2.35. The number of hydrogen-bond acceptors (Lipinski definition) is 6. The fourth-order valence-electron chi connectivity index (χ4n) is 1.96. The van der Waals surface area contributed by atoms with Gasteiger partial charge >= 0.3 is 0 Å². The second kappa shape index (κ2) is 7.75. The molecular weight excluding hydrogens is 298 g/mol. The number of aromatic nitrogens is 2. The fourth-order valence-corrected chi connectivity index (χ4v) is 1.96. The van der Waals surface area contributed by atoms with E-state index in [0.717, 1.165) is 0 Å². The van der Waals surface area contributed by atoms with Gasteiger partial charge in [0.15, 0.2) is 11.5 Å². The van der Waals surface area contributed by atoms with Crippen LogP contribution in [0.5, 0.6) is 11.5 Å². The molecule has 0 amide bonds. The lowest BCUT2D eigenvalue weighted by atomic mass is 10.1. The maximum Gasteiger partial charge on any atom is 0.264 e. The summed E-state index contributed by atoms with van der Waals surface area (Å²) in [7, 11) is 0. The molecule has 1 aromatic heterocycles. The van der Waals surface area contributed by atoms with Crippen LogP contribution >= 0.6 is 0 Å². The predicted molar refractivity (Wildman–Crippen MR) is 86.6 cm³/mol. The van der Waals surface area contributed by atoms with Crippen molar-refractivity contribution in [3.05, 3.63) is 40.7 Å². The molecule has 4 N–H and O–H groups in total. The zero-order valence-electron chi connectivity index (χ0n) is 13.1. The maximum atomic E-state index is 11.1. The minimum atomic E-state index is -0.688. The molecule has 0 saturated carbocycles. The van der Waals surface area contributed by atoms with E-state index in [2.05, 4.69) is 15.5 Å². The van der Waals surface area contributed by atoms with Crippen LogP contribution in [0.1, 0.15) is 13.8 Å². The zero-order valence-corrected chi connectivity index (χ0v) is 13.1. The molecule has 1 heterocycles. The minimum absolute atomic E-state index is 0.0514. The third-order valence-corrected chi connectivity index (χ3v) is 3.15. The van der Waals surface area contributed by atoms with Crippen molar-refractivity contribution in [1.82, 2.24) is 15.5 Å². The number of nitrogens with one attached hydrogen (secondary N) is 2. The molecule has 124 valence electrons. The number of phenolic OH excluding ortho intramolecular Hbond substituents is 1. The summed E-state index contributed by atoms with van der Waals surface area (Å²) >= 11 is 0. The van der Waals surface area contributed by atoms with Crippen molar-refractivity contribution in [2.75, 3.05) is 13.2 Å². The number of aliphatic hydroxyl groups is 1. The zero-order chi connectivity index (χ0) is 16.8. The smallest absolute Gasteiger partial charge is 0.264 e. The second-order valence-electron chi connectivity index (χ2n) is 5.49. The molecule has 0 bridgehead atoms. The van der Waals surface area contributed by atoms with Crippen LogP contribution in [-0.2, 0) is 0 Å². The highest BCUT2D eigenvalue weighted by molar-refractivity contribution is 5.70. The molecule has 0 aliphatic rings. The summed E-state index contributed by atoms with van der Waals surface area (Å²) in [5.41, 5.74) is 0.546. The molecule has 7 nitrogen and oxygen atoms in total. The molecule has 2 aromatic rings. The van der Waals surface area contributed by atoms with E-state index in [-0.39, 0.29) is 29.7 Å². The van der Waals surface area contributed by atoms with Gasteiger partial charge in [-0.05, 0) is 18.2 Å². The van der Waals surface area contributed by atoms with Gasteiger partial charge in [0, 0.05) is 24.2 Å². The Morgan fingerprint density at radius 1 is 1.30 bits per heavy atom. The Labute approximate surface area is 133 Å². The first kappa shape index (κ1) is 17.0. The topological polar surface area (TPSA) is 107 Å². The molecule has 23 heavy (non-hydrogen) atoms. The van der Waals surface area contributed by atoms with Crippen LogP contribution in [0.15, 0.2) is 35.1 Å². The Balaban J connectivity index is 2.07. The quantitative estimate of drug-likeness (QED) is 0.603. The Bertz CT molecular complexity index is 679. The van der Waals surface area contributed by atoms with E-state index >= 15 is 0 Å². The summed E-state index contributed by atoms with van der Waals surface area (Å²) in [5.74, 6) is 0.162. The van der Waals surface area contributed by atoms with Crippen LogP contribution < -0.4 is 15.6 Å². The molecule has 0 aliphatic heterocycles. The first-order valence-corrected chi connectivity index (χ1v) is 7.39. The molecule has 7 heteroatoms. The molecule has 1 unspecified atom stereocenters. The first-order valence-electron chi connectivity index (χ1n) is 7.39. The van der Waals surface area contributed by atoms with Crippen LogP contribution in [0.25, 0.3) is 11.3 Å². The molecule has 2 rings (SSSR count). The normalized spacial score (nSPS) is 12.3. The third-order valence-electron chi connectivity index (χ3n) is 3.15. The van der Waals surface area contributed by atoms with Crippen molar-refractivity contribution in [1.29, 1.82) is 0 Å². The summed E-state index contributed by atoms with van der Waals surface area (Å²) in [6, 6.07) is 8.09. The van der Waals surface area contributed by atoms with Crippen LogP contribution in [-0.4, -0.2) is 45.7 Å². The Morgan fingerprint density at radius 2 is 2.09 bits per heavy atom. The molecule has 0 fully saturated rings. The van der Waals surface area contributed by atoms with Gasteiger partial charge in [0.25, 0.3) is 5.56 Å². The van der Waals surface area contributed by atoms with Gasteiger partial charge in [-0.25, -0.2) is 5.10 Å². The van der Waals surface area contributed by atoms with Gasteiger partial charge in [0.1, 0.15) is 12.7 Å². The lowest BCUT2D eigenvalue weighted by Gasteiger charge is -2.16. The number of aliphatic hydroxyl groups excluding tert-OH is 1. The number of nitrogens with zero attached hydrogens (tertiary/aromatic N) is 1. The van der Waals surface area contributed by atoms with Gasteiger partial charge in [-0.3, -0.25) is 4.79 Å². The van der Waals surface area contributed by atoms with Gasteiger partial charge in [0.05, 0.1) is 5.69 Å². The number of ether oxygens (including phenoxy) is 1. The summed E-state index contributed by atoms with van der Waals surface area (Å²) in [5, 5.41) is 29.4. The SMILES string of the molecule is CC(C)NCC(O)COc1cccc(-c2ccc(=O)[nH]n2)c1O. The first-order chi connectivity index (χ1) is 11.0. The Hall–Kier alpha value is -2.38. The van der Waals surface area contributed by atoms with Crippen molar-refractivity contribution in [3.63, 3.8) is 0 Å². The van der Waals surface area contributed by atoms with E-state index in [1.54, 1.807) is 18.2 Å². The van der Waals surface area contributed by atoms with Gasteiger partial charge < -0.3 is 20.3 Å². The number of aromatic amines is 1. The highest BCUT2D eigenvalue weighted by atomic mass is 16.5. The lowest BCUT2D eigenvalue weighted by molar-refractivity contribution is 0.103. The molecular formula is C16H21N3O4. The van der Waals surface area contributed by atoms with Gasteiger partial charge in [-0.2, -0.15) is 5.10 Å². The summed E-state index contributed by atoms with van der Waals surface area (Å²) in [6.07, 6.45) is -0.688. The van der Waals surface area contributed by atoms with Crippen LogP contribution in [0, 0.1) is 0 Å². The molecule has 0 saturated heterocycles. The number of benzene rings is 1. The predicted octanol–water partition coefficient (Wildman–Crippen LogP) is 0.880. The van der Waals surface area contributed by atoms with Gasteiger partial charge in [-0.1, -0.05) is 19.9 Å². The molecule has 0 spiro atoms. The van der Waals surface area contributed by atoms with Crippen molar-refractivity contribution in [2.45, 2.75) is 26.0 Å². The van der Waals surface area contributed by atoms with E-state index in [0.29, 0.717) is 17.8 Å².